The van der Waals surface area contributed by atoms with Crippen molar-refractivity contribution in [3.8, 4) is 0 Å². The van der Waals surface area contributed by atoms with Gasteiger partial charge in [-0.3, -0.25) is 14.2 Å². The van der Waals surface area contributed by atoms with Gasteiger partial charge in [0.2, 0.25) is 5.91 Å². The van der Waals surface area contributed by atoms with Crippen LogP contribution in [0.1, 0.15) is 35.4 Å². The fourth-order valence-electron chi connectivity index (χ4n) is 3.46. The zero-order chi connectivity index (χ0) is 16.6. The molecule has 2 aromatic rings. The van der Waals surface area contributed by atoms with E-state index >= 15 is 0 Å². The minimum absolute atomic E-state index is 0.204. The average Bonchev–Trinajstić information content (AvgIpc) is 3.17. The Balaban J connectivity index is 1.70. The molecule has 0 spiro atoms. The molecule has 1 amide bonds. The van der Waals surface area contributed by atoms with E-state index in [9.17, 15) is 4.79 Å². The van der Waals surface area contributed by atoms with E-state index in [1.54, 1.807) is 0 Å². The molecule has 23 heavy (non-hydrogen) atoms. The second-order valence-corrected chi connectivity index (χ2v) is 6.57. The fraction of sp³-hybridized carbons (Fsp3) is 0.588. The second kappa shape index (κ2) is 6.18. The molecule has 1 aliphatic heterocycles. The smallest absolute Gasteiger partial charge is 0.227 e. The van der Waals surface area contributed by atoms with Crippen molar-refractivity contribution < 1.29 is 4.79 Å². The van der Waals surface area contributed by atoms with E-state index in [1.165, 1.54) is 0 Å². The zero-order valence-electron chi connectivity index (χ0n) is 14.4. The van der Waals surface area contributed by atoms with Crippen LogP contribution in [0.15, 0.2) is 12.4 Å². The van der Waals surface area contributed by atoms with Gasteiger partial charge in [-0.05, 0) is 39.2 Å². The summed E-state index contributed by atoms with van der Waals surface area (Å²) in [5, 5.41) is 8.77. The number of hydrogen-bond acceptors (Lipinski definition) is 3. The van der Waals surface area contributed by atoms with E-state index in [0.29, 0.717) is 6.42 Å². The van der Waals surface area contributed by atoms with Gasteiger partial charge in [-0.1, -0.05) is 0 Å². The van der Waals surface area contributed by atoms with E-state index in [1.807, 2.05) is 54.5 Å². The Hall–Kier alpha value is -2.11. The van der Waals surface area contributed by atoms with Gasteiger partial charge in [0.1, 0.15) is 0 Å². The summed E-state index contributed by atoms with van der Waals surface area (Å²) in [7, 11) is 1.93. The maximum absolute atomic E-state index is 12.8. The van der Waals surface area contributed by atoms with Gasteiger partial charge in [-0.2, -0.15) is 10.2 Å². The third kappa shape index (κ3) is 3.16. The van der Waals surface area contributed by atoms with Crippen LogP contribution in [-0.4, -0.2) is 43.0 Å². The summed E-state index contributed by atoms with van der Waals surface area (Å²) in [6.07, 6.45) is 6.47. The SMILES string of the molecule is Cc1cnn(CC2CCCN2C(=O)Cc2c(C)nn(C)c2C)c1. The number of hydrogen-bond donors (Lipinski definition) is 0. The van der Waals surface area contributed by atoms with Crippen LogP contribution in [-0.2, 0) is 24.8 Å². The van der Waals surface area contributed by atoms with Crippen LogP contribution >= 0.6 is 0 Å². The molecule has 1 aliphatic rings. The van der Waals surface area contributed by atoms with Crippen LogP contribution in [0, 0.1) is 20.8 Å². The third-order valence-corrected chi connectivity index (χ3v) is 4.84. The van der Waals surface area contributed by atoms with Gasteiger partial charge >= 0.3 is 0 Å². The molecule has 1 fully saturated rings. The summed E-state index contributed by atoms with van der Waals surface area (Å²) in [6, 6.07) is 0.249. The molecular weight excluding hydrogens is 290 g/mol. The number of carbonyl (C=O) groups excluding carboxylic acids is 1. The largest absolute Gasteiger partial charge is 0.338 e. The summed E-state index contributed by atoms with van der Waals surface area (Å²) in [6.45, 7) is 7.67. The molecule has 2 aromatic heterocycles. The fourth-order valence-corrected chi connectivity index (χ4v) is 3.46. The first kappa shape index (κ1) is 15.8. The minimum Gasteiger partial charge on any atom is -0.338 e. The van der Waals surface area contributed by atoms with E-state index in [2.05, 4.69) is 10.2 Å². The number of rotatable bonds is 4. The molecule has 124 valence electrons. The molecule has 3 heterocycles. The summed E-state index contributed by atoms with van der Waals surface area (Å²) in [5.74, 6) is 0.204. The third-order valence-electron chi connectivity index (χ3n) is 4.84. The lowest BCUT2D eigenvalue weighted by Crippen LogP contribution is -2.39. The summed E-state index contributed by atoms with van der Waals surface area (Å²) >= 11 is 0. The first-order valence-electron chi connectivity index (χ1n) is 8.23. The van der Waals surface area contributed by atoms with E-state index < -0.39 is 0 Å². The lowest BCUT2D eigenvalue weighted by molar-refractivity contribution is -0.131. The lowest BCUT2D eigenvalue weighted by Gasteiger charge is -2.25. The molecular formula is C17H25N5O. The maximum atomic E-state index is 12.8. The number of aromatic nitrogens is 4. The molecule has 0 N–H and O–H groups in total. The first-order chi connectivity index (χ1) is 11.0. The molecule has 6 nitrogen and oxygen atoms in total. The van der Waals surface area contributed by atoms with Crippen molar-refractivity contribution in [1.29, 1.82) is 0 Å². The molecule has 1 atom stereocenters. The van der Waals surface area contributed by atoms with E-state index in [0.717, 1.165) is 48.4 Å². The maximum Gasteiger partial charge on any atom is 0.227 e. The minimum atomic E-state index is 0.204. The number of nitrogens with zero attached hydrogens (tertiary/aromatic N) is 5. The van der Waals surface area contributed by atoms with Gasteiger partial charge < -0.3 is 4.90 Å². The lowest BCUT2D eigenvalue weighted by atomic mass is 10.1. The average molecular weight is 315 g/mol. The van der Waals surface area contributed by atoms with E-state index in [-0.39, 0.29) is 11.9 Å². The monoisotopic (exact) mass is 315 g/mol. The number of aryl methyl sites for hydroxylation is 3. The Morgan fingerprint density at radius 2 is 2.13 bits per heavy atom. The van der Waals surface area contributed by atoms with Gasteiger partial charge in [0.15, 0.2) is 0 Å². The number of carbonyl (C=O) groups is 1. The second-order valence-electron chi connectivity index (χ2n) is 6.57. The van der Waals surface area contributed by atoms with Crippen molar-refractivity contribution in [3.63, 3.8) is 0 Å². The van der Waals surface area contributed by atoms with Crippen LogP contribution in [0.25, 0.3) is 0 Å². The van der Waals surface area contributed by atoms with Crippen LogP contribution in [0.2, 0.25) is 0 Å². The normalized spacial score (nSPS) is 17.9. The first-order valence-corrected chi connectivity index (χ1v) is 8.23. The molecule has 0 aliphatic carbocycles. The van der Waals surface area contributed by atoms with Gasteiger partial charge in [0.25, 0.3) is 0 Å². The van der Waals surface area contributed by atoms with Crippen LogP contribution in [0.5, 0.6) is 0 Å². The summed E-state index contributed by atoms with van der Waals surface area (Å²) in [4.78, 5) is 14.8. The van der Waals surface area contributed by atoms with Crippen molar-refractivity contribution in [2.45, 2.75) is 52.6 Å². The van der Waals surface area contributed by atoms with Crippen molar-refractivity contribution in [1.82, 2.24) is 24.5 Å². The molecule has 1 unspecified atom stereocenters. The highest BCUT2D eigenvalue weighted by Crippen LogP contribution is 2.22. The Bertz CT molecular complexity index is 715. The molecule has 1 saturated heterocycles. The Morgan fingerprint density at radius 3 is 2.74 bits per heavy atom. The summed E-state index contributed by atoms with van der Waals surface area (Å²) in [5.41, 5.74) is 4.26. The van der Waals surface area contributed by atoms with Crippen molar-refractivity contribution in [3.05, 3.63) is 34.9 Å². The van der Waals surface area contributed by atoms with Crippen molar-refractivity contribution >= 4 is 5.91 Å². The number of likely N-dealkylation sites (tertiary alicyclic amines) is 1. The highest BCUT2D eigenvalue weighted by Gasteiger charge is 2.30. The predicted octanol–water partition coefficient (Wildman–Crippen LogP) is 1.78. The van der Waals surface area contributed by atoms with Gasteiger partial charge in [-0.15, -0.1) is 0 Å². The standard InChI is InChI=1S/C17H25N5O/c1-12-9-18-21(10-12)11-15-6-5-7-22(15)17(23)8-16-13(2)19-20(4)14(16)3/h9-10,15H,5-8,11H2,1-4H3. The number of amides is 1. The molecule has 3 rings (SSSR count). The van der Waals surface area contributed by atoms with Crippen LogP contribution in [0.3, 0.4) is 0 Å². The Labute approximate surface area is 137 Å². The molecule has 0 aromatic carbocycles. The van der Waals surface area contributed by atoms with Gasteiger partial charge in [0.05, 0.1) is 30.9 Å². The molecule has 0 radical (unpaired) electrons. The summed E-state index contributed by atoms with van der Waals surface area (Å²) < 4.78 is 3.80. The van der Waals surface area contributed by atoms with E-state index in [4.69, 9.17) is 0 Å². The van der Waals surface area contributed by atoms with Gasteiger partial charge in [0, 0.05) is 31.0 Å². The Kier molecular flexibility index (Phi) is 4.24. The van der Waals surface area contributed by atoms with Crippen molar-refractivity contribution in [2.75, 3.05) is 6.54 Å². The van der Waals surface area contributed by atoms with Gasteiger partial charge in [-0.25, -0.2) is 0 Å². The van der Waals surface area contributed by atoms with Crippen LogP contribution < -0.4 is 0 Å². The topological polar surface area (TPSA) is 56.0 Å². The zero-order valence-corrected chi connectivity index (χ0v) is 14.4. The highest BCUT2D eigenvalue weighted by atomic mass is 16.2. The highest BCUT2D eigenvalue weighted by molar-refractivity contribution is 5.79. The van der Waals surface area contributed by atoms with Crippen LogP contribution in [0.4, 0.5) is 0 Å². The van der Waals surface area contributed by atoms with Crippen molar-refractivity contribution in [2.24, 2.45) is 7.05 Å². The molecule has 6 heteroatoms. The Morgan fingerprint density at radius 1 is 1.35 bits per heavy atom. The molecule has 0 saturated carbocycles. The quantitative estimate of drug-likeness (QED) is 0.864. The predicted molar refractivity (Wildman–Crippen MR) is 88.1 cm³/mol. The molecule has 0 bridgehead atoms.